The molecule has 0 saturated heterocycles. The van der Waals surface area contributed by atoms with Crippen LogP contribution in [0.2, 0.25) is 5.02 Å². The van der Waals surface area contributed by atoms with Gasteiger partial charge in [-0.3, -0.25) is 4.79 Å². The third-order valence-corrected chi connectivity index (χ3v) is 4.41. The quantitative estimate of drug-likeness (QED) is 0.164. The number of aliphatic hydroxyl groups is 1. The number of aliphatic imine (C=N–C) groups is 1. The summed E-state index contributed by atoms with van der Waals surface area (Å²) in [6.07, 6.45) is 1.01. The second-order valence-electron chi connectivity index (χ2n) is 6.96. The van der Waals surface area contributed by atoms with Gasteiger partial charge in [0, 0.05) is 30.2 Å². The van der Waals surface area contributed by atoms with E-state index in [1.54, 1.807) is 37.3 Å². The molecule has 1 amide bonds. The van der Waals surface area contributed by atoms with E-state index in [4.69, 9.17) is 16.0 Å². The van der Waals surface area contributed by atoms with Gasteiger partial charge in [0.2, 0.25) is 5.91 Å². The molecule has 1 atom stereocenters. The number of nitrogens with zero attached hydrogens (tertiary/aromatic N) is 1. The summed E-state index contributed by atoms with van der Waals surface area (Å²) in [6, 6.07) is 10.6. The fourth-order valence-corrected chi connectivity index (χ4v) is 2.72. The number of amides is 1. The molecule has 0 aliphatic heterocycles. The monoisotopic (exact) mass is 548 g/mol. The van der Waals surface area contributed by atoms with Gasteiger partial charge in [-0.1, -0.05) is 11.6 Å². The molecular weight excluding hydrogens is 519 g/mol. The molecule has 0 aliphatic rings. The van der Waals surface area contributed by atoms with Crippen molar-refractivity contribution < 1.29 is 14.3 Å². The summed E-state index contributed by atoms with van der Waals surface area (Å²) in [5.74, 6) is 1.74. The van der Waals surface area contributed by atoms with Crippen LogP contribution in [0.1, 0.15) is 38.2 Å². The first-order chi connectivity index (χ1) is 13.8. The molecule has 0 bridgehead atoms. The van der Waals surface area contributed by atoms with Crippen LogP contribution in [0.4, 0.5) is 5.69 Å². The lowest BCUT2D eigenvalue weighted by Crippen LogP contribution is -2.39. The maximum Gasteiger partial charge on any atom is 0.224 e. The van der Waals surface area contributed by atoms with Crippen molar-refractivity contribution in [2.75, 3.05) is 25.0 Å². The summed E-state index contributed by atoms with van der Waals surface area (Å²) < 4.78 is 5.51. The fourth-order valence-electron chi connectivity index (χ4n) is 2.59. The molecule has 1 heterocycles. The van der Waals surface area contributed by atoms with Crippen molar-refractivity contribution in [2.45, 2.75) is 39.2 Å². The average molecular weight is 549 g/mol. The maximum atomic E-state index is 12.0. The van der Waals surface area contributed by atoms with Crippen molar-refractivity contribution >= 4 is 53.1 Å². The molecular formula is C21H30ClIN4O3. The second-order valence-corrected chi connectivity index (χ2v) is 7.40. The molecule has 2 rings (SSSR count). The van der Waals surface area contributed by atoms with Crippen LogP contribution >= 0.6 is 35.6 Å². The Balaban J connectivity index is 0.00000450. The highest BCUT2D eigenvalue weighted by molar-refractivity contribution is 14.0. The highest BCUT2D eigenvalue weighted by atomic mass is 127. The first kappa shape index (κ1) is 26.3. The van der Waals surface area contributed by atoms with E-state index in [0.717, 1.165) is 11.4 Å². The number of guanidine groups is 1. The predicted octanol–water partition coefficient (Wildman–Crippen LogP) is 4.04. The number of hydrogen-bond acceptors (Lipinski definition) is 4. The van der Waals surface area contributed by atoms with E-state index >= 15 is 0 Å². The van der Waals surface area contributed by atoms with Crippen LogP contribution in [0.5, 0.6) is 0 Å². The highest BCUT2D eigenvalue weighted by Crippen LogP contribution is 2.23. The summed E-state index contributed by atoms with van der Waals surface area (Å²) in [4.78, 5) is 16.5. The van der Waals surface area contributed by atoms with Crippen LogP contribution in [0.25, 0.3) is 0 Å². The topological polar surface area (TPSA) is 98.9 Å². The van der Waals surface area contributed by atoms with E-state index in [2.05, 4.69) is 20.9 Å². The molecule has 0 spiro atoms. The first-order valence-electron chi connectivity index (χ1n) is 9.67. The van der Waals surface area contributed by atoms with Crippen LogP contribution in [0.15, 0.2) is 45.8 Å². The minimum Gasteiger partial charge on any atom is -0.463 e. The van der Waals surface area contributed by atoms with E-state index in [9.17, 15) is 9.90 Å². The summed E-state index contributed by atoms with van der Waals surface area (Å²) in [5, 5.41) is 20.4. The Hall–Kier alpha value is -1.78. The third-order valence-electron chi connectivity index (χ3n) is 4.16. The van der Waals surface area contributed by atoms with Gasteiger partial charge in [-0.15, -0.1) is 24.0 Å². The molecule has 9 heteroatoms. The summed E-state index contributed by atoms with van der Waals surface area (Å²) >= 11 is 5.84. The Bertz CT molecular complexity index is 822. The molecule has 0 fully saturated rings. The maximum absolute atomic E-state index is 12.0. The predicted molar refractivity (Wildman–Crippen MR) is 132 cm³/mol. The number of benzene rings is 1. The number of aryl methyl sites for hydroxylation is 1. The standard InChI is InChI=1S/C21H29ClN4O3.HI/c1-4-23-20(25-14-21(3,28)18-12-7-15(2)29-18)24-13-5-6-19(27)26-17-10-8-16(22)9-11-17;/h7-12,28H,4-6,13-14H2,1-3H3,(H,26,27)(H2,23,24,25);1H. The molecule has 166 valence electrons. The molecule has 2 aromatic rings. The van der Waals surface area contributed by atoms with E-state index in [0.29, 0.717) is 42.7 Å². The Morgan fingerprint density at radius 2 is 1.90 bits per heavy atom. The molecule has 4 N–H and O–H groups in total. The SMILES string of the molecule is CCNC(=NCC(C)(O)c1ccc(C)o1)NCCCC(=O)Nc1ccc(Cl)cc1.I. The largest absolute Gasteiger partial charge is 0.463 e. The summed E-state index contributed by atoms with van der Waals surface area (Å²) in [6.45, 7) is 6.86. The highest BCUT2D eigenvalue weighted by Gasteiger charge is 2.26. The van der Waals surface area contributed by atoms with Gasteiger partial charge < -0.3 is 25.5 Å². The number of nitrogens with one attached hydrogen (secondary N) is 3. The number of furan rings is 1. The molecule has 1 aromatic carbocycles. The van der Waals surface area contributed by atoms with Crippen molar-refractivity contribution in [2.24, 2.45) is 4.99 Å². The summed E-state index contributed by atoms with van der Waals surface area (Å²) in [7, 11) is 0. The van der Waals surface area contributed by atoms with Crippen molar-refractivity contribution in [1.82, 2.24) is 10.6 Å². The van der Waals surface area contributed by atoms with Crippen LogP contribution in [-0.2, 0) is 10.4 Å². The van der Waals surface area contributed by atoms with Crippen molar-refractivity contribution in [3.05, 3.63) is 52.9 Å². The summed E-state index contributed by atoms with van der Waals surface area (Å²) in [5.41, 5.74) is -0.479. The van der Waals surface area contributed by atoms with E-state index in [1.807, 2.05) is 19.9 Å². The van der Waals surface area contributed by atoms with Gasteiger partial charge in [-0.25, -0.2) is 4.99 Å². The van der Waals surface area contributed by atoms with Gasteiger partial charge in [-0.05, 0) is 63.6 Å². The molecule has 1 aromatic heterocycles. The smallest absolute Gasteiger partial charge is 0.224 e. The van der Waals surface area contributed by atoms with Crippen LogP contribution in [0.3, 0.4) is 0 Å². The molecule has 30 heavy (non-hydrogen) atoms. The number of carbonyl (C=O) groups is 1. The van der Waals surface area contributed by atoms with Crippen LogP contribution < -0.4 is 16.0 Å². The van der Waals surface area contributed by atoms with Gasteiger partial charge in [0.05, 0.1) is 6.54 Å². The number of carbonyl (C=O) groups excluding carboxylic acids is 1. The zero-order valence-electron chi connectivity index (χ0n) is 17.5. The zero-order chi connectivity index (χ0) is 21.3. The van der Waals surface area contributed by atoms with Crippen molar-refractivity contribution in [3.63, 3.8) is 0 Å². The van der Waals surface area contributed by atoms with E-state index in [-0.39, 0.29) is 36.4 Å². The Morgan fingerprint density at radius 3 is 2.50 bits per heavy atom. The van der Waals surface area contributed by atoms with Gasteiger partial charge in [0.1, 0.15) is 17.1 Å². The number of anilines is 1. The van der Waals surface area contributed by atoms with Crippen LogP contribution in [-0.4, -0.2) is 36.6 Å². The lowest BCUT2D eigenvalue weighted by atomic mass is 10.0. The normalized spacial score (nSPS) is 13.2. The van der Waals surface area contributed by atoms with Gasteiger partial charge in [-0.2, -0.15) is 0 Å². The third kappa shape index (κ3) is 8.93. The van der Waals surface area contributed by atoms with Crippen molar-refractivity contribution in [3.8, 4) is 0 Å². The minimum absolute atomic E-state index is 0. The number of hydrogen-bond donors (Lipinski definition) is 4. The lowest BCUT2D eigenvalue weighted by Gasteiger charge is -2.19. The van der Waals surface area contributed by atoms with Gasteiger partial charge in [0.15, 0.2) is 5.96 Å². The zero-order valence-corrected chi connectivity index (χ0v) is 20.6. The molecule has 0 aliphatic carbocycles. The average Bonchev–Trinajstić information content (AvgIpc) is 3.12. The Morgan fingerprint density at radius 1 is 1.20 bits per heavy atom. The fraction of sp³-hybridized carbons (Fsp3) is 0.429. The Kier molecular flexibility index (Phi) is 11.2. The molecule has 1 unspecified atom stereocenters. The molecule has 0 radical (unpaired) electrons. The Labute approximate surface area is 199 Å². The second kappa shape index (κ2) is 12.8. The first-order valence-corrected chi connectivity index (χ1v) is 10.0. The molecule has 0 saturated carbocycles. The van der Waals surface area contributed by atoms with Gasteiger partial charge in [0.25, 0.3) is 0 Å². The number of rotatable bonds is 9. The van der Waals surface area contributed by atoms with Gasteiger partial charge >= 0.3 is 0 Å². The molecule has 7 nitrogen and oxygen atoms in total. The number of halogens is 2. The minimum atomic E-state index is -1.20. The van der Waals surface area contributed by atoms with Crippen LogP contribution in [0, 0.1) is 6.92 Å². The van der Waals surface area contributed by atoms with E-state index in [1.165, 1.54) is 0 Å². The van der Waals surface area contributed by atoms with Crippen molar-refractivity contribution in [1.29, 1.82) is 0 Å². The lowest BCUT2D eigenvalue weighted by molar-refractivity contribution is -0.116. The van der Waals surface area contributed by atoms with E-state index < -0.39 is 5.60 Å².